The van der Waals surface area contributed by atoms with Crippen molar-refractivity contribution < 1.29 is 14.0 Å². The van der Waals surface area contributed by atoms with Gasteiger partial charge in [0.05, 0.1) is 11.0 Å². The quantitative estimate of drug-likeness (QED) is 0.278. The van der Waals surface area contributed by atoms with Crippen molar-refractivity contribution in [1.29, 1.82) is 0 Å². The van der Waals surface area contributed by atoms with Crippen molar-refractivity contribution in [3.63, 3.8) is 0 Å². The SMILES string of the molecule is C=C(F)/C=C(\C=NC)C(C)Nc1nc(C(=O)NCCc2ccc(NC(C)=O)cc2)c2sc(C)nc2n1. The molecular formula is C25H28FN7O2S. The summed E-state index contributed by atoms with van der Waals surface area (Å²) in [6.07, 6.45) is 3.39. The zero-order chi connectivity index (χ0) is 26.2. The van der Waals surface area contributed by atoms with Crippen LogP contribution < -0.4 is 16.0 Å². The molecule has 0 saturated heterocycles. The molecule has 1 aromatic carbocycles. The molecule has 11 heteroatoms. The number of halogens is 1. The highest BCUT2D eigenvalue weighted by Crippen LogP contribution is 2.25. The Hall–Kier alpha value is -3.99. The molecule has 3 rings (SSSR count). The fourth-order valence-electron chi connectivity index (χ4n) is 3.39. The lowest BCUT2D eigenvalue weighted by Crippen LogP contribution is -2.28. The third-order valence-electron chi connectivity index (χ3n) is 5.00. The molecule has 0 saturated carbocycles. The minimum Gasteiger partial charge on any atom is -0.350 e. The van der Waals surface area contributed by atoms with Crippen LogP contribution in [0.25, 0.3) is 10.3 Å². The monoisotopic (exact) mass is 509 g/mol. The fraction of sp³-hybridized carbons (Fsp3) is 0.280. The van der Waals surface area contributed by atoms with Gasteiger partial charge in [0, 0.05) is 32.4 Å². The number of hydrogen-bond acceptors (Lipinski definition) is 8. The maximum Gasteiger partial charge on any atom is 0.271 e. The summed E-state index contributed by atoms with van der Waals surface area (Å²) in [4.78, 5) is 41.5. The van der Waals surface area contributed by atoms with Gasteiger partial charge in [0.2, 0.25) is 11.9 Å². The van der Waals surface area contributed by atoms with Crippen molar-refractivity contribution in [2.75, 3.05) is 24.2 Å². The predicted octanol–water partition coefficient (Wildman–Crippen LogP) is 4.24. The van der Waals surface area contributed by atoms with Gasteiger partial charge in [0.25, 0.3) is 5.91 Å². The molecule has 1 unspecified atom stereocenters. The minimum atomic E-state index is -0.602. The number of benzene rings is 1. The molecule has 3 N–H and O–H groups in total. The number of fused-ring (bicyclic) bond motifs is 1. The number of aryl methyl sites for hydroxylation is 1. The summed E-state index contributed by atoms with van der Waals surface area (Å²) in [7, 11) is 1.59. The van der Waals surface area contributed by atoms with Crippen LogP contribution in [0.15, 0.2) is 53.3 Å². The van der Waals surface area contributed by atoms with Crippen LogP contribution in [0.5, 0.6) is 0 Å². The van der Waals surface area contributed by atoms with E-state index in [1.54, 1.807) is 14.0 Å². The molecule has 0 aliphatic rings. The van der Waals surface area contributed by atoms with E-state index in [-0.39, 0.29) is 23.5 Å². The Morgan fingerprint density at radius 3 is 2.58 bits per heavy atom. The Bertz CT molecular complexity index is 1330. The molecule has 2 amide bonds. The number of hydrogen-bond donors (Lipinski definition) is 3. The maximum atomic E-state index is 13.4. The Labute approximate surface area is 212 Å². The fourth-order valence-corrected chi connectivity index (χ4v) is 4.23. The third kappa shape index (κ3) is 7.25. The van der Waals surface area contributed by atoms with Crippen LogP contribution >= 0.6 is 11.3 Å². The summed E-state index contributed by atoms with van der Waals surface area (Å²) in [6, 6.07) is 7.01. The van der Waals surface area contributed by atoms with E-state index >= 15 is 0 Å². The second-order valence-corrected chi connectivity index (χ2v) is 9.21. The summed E-state index contributed by atoms with van der Waals surface area (Å²) >= 11 is 1.34. The highest BCUT2D eigenvalue weighted by atomic mass is 32.1. The lowest BCUT2D eigenvalue weighted by Gasteiger charge is -2.15. The Morgan fingerprint density at radius 2 is 1.94 bits per heavy atom. The molecular weight excluding hydrogens is 481 g/mol. The second-order valence-electron chi connectivity index (χ2n) is 8.01. The normalized spacial score (nSPS) is 12.5. The van der Waals surface area contributed by atoms with Gasteiger partial charge >= 0.3 is 0 Å². The first kappa shape index (κ1) is 26.6. The number of amides is 2. The zero-order valence-corrected chi connectivity index (χ0v) is 21.4. The van der Waals surface area contributed by atoms with Gasteiger partial charge < -0.3 is 16.0 Å². The van der Waals surface area contributed by atoms with Gasteiger partial charge in [0.1, 0.15) is 10.5 Å². The van der Waals surface area contributed by atoms with E-state index < -0.39 is 11.9 Å². The maximum absolute atomic E-state index is 13.4. The first-order chi connectivity index (χ1) is 17.2. The van der Waals surface area contributed by atoms with Gasteiger partial charge in [-0.2, -0.15) is 4.98 Å². The van der Waals surface area contributed by atoms with E-state index in [4.69, 9.17) is 0 Å². The third-order valence-corrected chi connectivity index (χ3v) is 5.96. The Morgan fingerprint density at radius 1 is 1.22 bits per heavy atom. The van der Waals surface area contributed by atoms with Crippen LogP contribution in [0.3, 0.4) is 0 Å². The number of anilines is 2. The molecule has 3 aromatic rings. The van der Waals surface area contributed by atoms with Crippen LogP contribution in [0.2, 0.25) is 0 Å². The van der Waals surface area contributed by atoms with Gasteiger partial charge in [-0.1, -0.05) is 18.7 Å². The first-order valence-corrected chi connectivity index (χ1v) is 12.0. The average molecular weight is 510 g/mol. The smallest absolute Gasteiger partial charge is 0.271 e. The molecule has 9 nitrogen and oxygen atoms in total. The standard InChI is InChI=1S/C25H28FN7O2S/c1-14(26)12-19(13-27-5)15(2)29-25-32-21(22-23(33-25)31-17(4)36-22)24(35)28-11-10-18-6-8-20(9-7-18)30-16(3)34/h6-9,12-13,15H,1,10-11H2,2-5H3,(H,28,35)(H,30,34)(H,29,32,33)/b19-12+,27-13?. The molecule has 0 fully saturated rings. The zero-order valence-electron chi connectivity index (χ0n) is 20.6. The molecule has 2 aromatic heterocycles. The van der Waals surface area contributed by atoms with Gasteiger partial charge in [-0.05, 0) is 49.6 Å². The lowest BCUT2D eigenvalue weighted by atomic mass is 10.1. The Balaban J connectivity index is 1.75. The summed E-state index contributed by atoms with van der Waals surface area (Å²) in [5, 5.41) is 9.47. The molecule has 0 aliphatic heterocycles. The molecule has 36 heavy (non-hydrogen) atoms. The number of carbonyl (C=O) groups is 2. The van der Waals surface area contributed by atoms with E-state index in [0.29, 0.717) is 34.6 Å². The molecule has 188 valence electrons. The van der Waals surface area contributed by atoms with E-state index in [1.807, 2.05) is 31.2 Å². The van der Waals surface area contributed by atoms with E-state index in [1.165, 1.54) is 30.6 Å². The number of aromatic nitrogens is 3. The van der Waals surface area contributed by atoms with Crippen LogP contribution in [0.1, 0.15) is 34.9 Å². The van der Waals surface area contributed by atoms with Crippen molar-refractivity contribution in [3.05, 3.63) is 64.6 Å². The predicted molar refractivity (Wildman–Crippen MR) is 143 cm³/mol. The first-order valence-electron chi connectivity index (χ1n) is 11.2. The van der Waals surface area contributed by atoms with E-state index in [0.717, 1.165) is 10.6 Å². The number of allylic oxidation sites excluding steroid dienone is 2. The molecule has 0 aliphatic carbocycles. The largest absolute Gasteiger partial charge is 0.350 e. The van der Waals surface area contributed by atoms with Gasteiger partial charge in [-0.15, -0.1) is 11.3 Å². The minimum absolute atomic E-state index is 0.133. The van der Waals surface area contributed by atoms with Gasteiger partial charge in [0.15, 0.2) is 11.3 Å². The Kier molecular flexibility index (Phi) is 8.96. The summed E-state index contributed by atoms with van der Waals surface area (Å²) in [5.41, 5.74) is 2.89. The molecule has 2 heterocycles. The number of nitrogens with one attached hydrogen (secondary N) is 3. The number of nitrogens with zero attached hydrogens (tertiary/aromatic N) is 4. The van der Waals surface area contributed by atoms with Crippen LogP contribution in [0, 0.1) is 6.92 Å². The summed E-state index contributed by atoms with van der Waals surface area (Å²) in [6.45, 7) is 8.75. The van der Waals surface area contributed by atoms with Gasteiger partial charge in [-0.25, -0.2) is 14.4 Å². The lowest BCUT2D eigenvalue weighted by molar-refractivity contribution is -0.114. The van der Waals surface area contributed by atoms with E-state index in [9.17, 15) is 14.0 Å². The average Bonchev–Trinajstić information content (AvgIpc) is 3.18. The van der Waals surface area contributed by atoms with Crippen molar-refractivity contribution in [1.82, 2.24) is 20.3 Å². The number of rotatable bonds is 10. The van der Waals surface area contributed by atoms with E-state index in [2.05, 4.69) is 42.5 Å². The van der Waals surface area contributed by atoms with Crippen molar-refractivity contribution >= 4 is 51.3 Å². The number of thiazole rings is 1. The number of carbonyl (C=O) groups excluding carboxylic acids is 2. The van der Waals surface area contributed by atoms with Gasteiger partial charge in [-0.3, -0.25) is 14.6 Å². The van der Waals surface area contributed by atoms with Crippen molar-refractivity contribution in [2.45, 2.75) is 33.2 Å². The second kappa shape index (κ2) is 12.1. The highest BCUT2D eigenvalue weighted by molar-refractivity contribution is 7.18. The van der Waals surface area contributed by atoms with Crippen LogP contribution in [-0.4, -0.2) is 52.6 Å². The van der Waals surface area contributed by atoms with Crippen molar-refractivity contribution in [2.24, 2.45) is 4.99 Å². The van der Waals surface area contributed by atoms with Crippen LogP contribution in [-0.2, 0) is 11.2 Å². The number of aliphatic imine (C=N–C) groups is 1. The molecule has 0 radical (unpaired) electrons. The molecule has 0 bridgehead atoms. The summed E-state index contributed by atoms with van der Waals surface area (Å²) < 4.78 is 14.0. The molecule has 1 atom stereocenters. The highest BCUT2D eigenvalue weighted by Gasteiger charge is 2.19. The topological polar surface area (TPSA) is 121 Å². The van der Waals surface area contributed by atoms with Crippen molar-refractivity contribution in [3.8, 4) is 0 Å². The van der Waals surface area contributed by atoms with Crippen LogP contribution in [0.4, 0.5) is 16.0 Å². The summed E-state index contributed by atoms with van der Waals surface area (Å²) in [5.74, 6) is -0.889. The molecule has 0 spiro atoms.